The van der Waals surface area contributed by atoms with Crippen molar-refractivity contribution in [1.29, 1.82) is 0 Å². The maximum atomic E-state index is 6.28. The van der Waals surface area contributed by atoms with Crippen molar-refractivity contribution >= 4 is 12.6 Å². The van der Waals surface area contributed by atoms with Gasteiger partial charge in [-0.3, -0.25) is 0 Å². The summed E-state index contributed by atoms with van der Waals surface area (Å²) < 4.78 is 12.6. The number of aryl methyl sites for hydroxylation is 2. The highest BCUT2D eigenvalue weighted by Gasteiger charge is 2.52. The summed E-state index contributed by atoms with van der Waals surface area (Å²) in [5, 5.41) is 0. The molecule has 0 bridgehead atoms. The quantitative estimate of drug-likeness (QED) is 0.438. The molecule has 3 rings (SSSR count). The van der Waals surface area contributed by atoms with Gasteiger partial charge in [-0.1, -0.05) is 69.2 Å². The summed E-state index contributed by atoms with van der Waals surface area (Å²) in [7, 11) is -0.296. The molecule has 150 valence electrons. The van der Waals surface area contributed by atoms with Crippen molar-refractivity contribution in [1.82, 2.24) is 0 Å². The molecule has 28 heavy (non-hydrogen) atoms. The van der Waals surface area contributed by atoms with Crippen LogP contribution in [0.3, 0.4) is 0 Å². The first-order valence-electron chi connectivity index (χ1n) is 10.8. The van der Waals surface area contributed by atoms with E-state index in [0.717, 1.165) is 11.9 Å². The smallest absolute Gasteiger partial charge is 0.399 e. The first-order chi connectivity index (χ1) is 13.3. The number of benzene rings is 2. The van der Waals surface area contributed by atoms with E-state index >= 15 is 0 Å². The Kier molecular flexibility index (Phi) is 6.36. The van der Waals surface area contributed by atoms with Crippen LogP contribution in [-0.2, 0) is 22.2 Å². The zero-order valence-corrected chi connectivity index (χ0v) is 18.5. The van der Waals surface area contributed by atoms with Crippen LogP contribution >= 0.6 is 0 Å². The minimum atomic E-state index is -0.311. The number of rotatable bonds is 7. The van der Waals surface area contributed by atoms with E-state index in [-0.39, 0.29) is 18.3 Å². The summed E-state index contributed by atoms with van der Waals surface area (Å²) in [5.41, 5.74) is 5.79. The number of unbranched alkanes of at least 4 members (excludes halogenated alkanes) is 2. The predicted octanol–water partition coefficient (Wildman–Crippen LogP) is 5.95. The highest BCUT2D eigenvalue weighted by molar-refractivity contribution is 6.62. The van der Waals surface area contributed by atoms with Crippen LogP contribution in [0, 0.1) is 0 Å². The van der Waals surface area contributed by atoms with Gasteiger partial charge in [0.2, 0.25) is 0 Å². The van der Waals surface area contributed by atoms with E-state index in [1.807, 2.05) is 0 Å². The molecule has 0 aromatic heterocycles. The third-order valence-electron chi connectivity index (χ3n) is 6.39. The second-order valence-corrected chi connectivity index (χ2v) is 9.01. The molecule has 2 aromatic carbocycles. The van der Waals surface area contributed by atoms with Crippen molar-refractivity contribution in [3.8, 4) is 11.1 Å². The summed E-state index contributed by atoms with van der Waals surface area (Å²) in [6.07, 6.45) is 5.99. The first-order valence-corrected chi connectivity index (χ1v) is 10.8. The predicted molar refractivity (Wildman–Crippen MR) is 120 cm³/mol. The molecule has 3 heteroatoms. The van der Waals surface area contributed by atoms with Gasteiger partial charge in [-0.25, -0.2) is 0 Å². The Morgan fingerprint density at radius 2 is 1.39 bits per heavy atom. The van der Waals surface area contributed by atoms with Crippen molar-refractivity contribution in [2.24, 2.45) is 0 Å². The average Bonchev–Trinajstić information content (AvgIpc) is 2.89. The Balaban J connectivity index is 1.80. The molecule has 1 heterocycles. The molecule has 0 radical (unpaired) electrons. The molecule has 0 aliphatic carbocycles. The lowest BCUT2D eigenvalue weighted by Crippen LogP contribution is -2.41. The molecule has 0 atom stereocenters. The van der Waals surface area contributed by atoms with Crippen molar-refractivity contribution < 1.29 is 9.31 Å². The van der Waals surface area contributed by atoms with Gasteiger partial charge in [0.15, 0.2) is 0 Å². The minimum absolute atomic E-state index is 0.296. The average molecular weight is 378 g/mol. The van der Waals surface area contributed by atoms with Crippen molar-refractivity contribution in [2.75, 3.05) is 0 Å². The monoisotopic (exact) mass is 378 g/mol. The lowest BCUT2D eigenvalue weighted by atomic mass is 9.74. The fraction of sp³-hybridized carbons (Fsp3) is 0.520. The van der Waals surface area contributed by atoms with Gasteiger partial charge in [0, 0.05) is 0 Å². The molecule has 0 N–H and O–H groups in total. The van der Waals surface area contributed by atoms with Crippen LogP contribution in [0.5, 0.6) is 0 Å². The van der Waals surface area contributed by atoms with Gasteiger partial charge in [0.1, 0.15) is 0 Å². The summed E-state index contributed by atoms with van der Waals surface area (Å²) in [6.45, 7) is 12.9. The zero-order chi connectivity index (χ0) is 20.4. The Labute approximate surface area is 171 Å². The van der Waals surface area contributed by atoms with Crippen LogP contribution in [0.15, 0.2) is 42.5 Å². The SMILES string of the molecule is CCCCCc1ccc(-c2ccc(B3OC(C)(C)C(C)(C)O3)c(CC)c2)cc1. The molecular formula is C25H35BO2. The summed E-state index contributed by atoms with van der Waals surface area (Å²) in [5.74, 6) is 0. The van der Waals surface area contributed by atoms with Gasteiger partial charge in [-0.15, -0.1) is 0 Å². The zero-order valence-electron chi connectivity index (χ0n) is 18.5. The Morgan fingerprint density at radius 3 is 1.96 bits per heavy atom. The van der Waals surface area contributed by atoms with Gasteiger partial charge in [0.05, 0.1) is 11.2 Å². The highest BCUT2D eigenvalue weighted by Crippen LogP contribution is 2.37. The van der Waals surface area contributed by atoms with E-state index in [2.05, 4.69) is 84.0 Å². The molecule has 2 nitrogen and oxygen atoms in total. The lowest BCUT2D eigenvalue weighted by Gasteiger charge is -2.32. The molecular weight excluding hydrogens is 343 g/mol. The lowest BCUT2D eigenvalue weighted by molar-refractivity contribution is 0.00578. The topological polar surface area (TPSA) is 18.5 Å². The molecule has 0 amide bonds. The van der Waals surface area contributed by atoms with Crippen LogP contribution in [0.4, 0.5) is 0 Å². The van der Waals surface area contributed by atoms with Gasteiger partial charge in [-0.2, -0.15) is 0 Å². The van der Waals surface area contributed by atoms with Crippen LogP contribution in [0.25, 0.3) is 11.1 Å². The maximum absolute atomic E-state index is 6.28. The van der Waals surface area contributed by atoms with Crippen molar-refractivity contribution in [3.63, 3.8) is 0 Å². The summed E-state index contributed by atoms with van der Waals surface area (Å²) in [4.78, 5) is 0. The van der Waals surface area contributed by atoms with Crippen molar-refractivity contribution in [2.45, 2.75) is 84.8 Å². The second kappa shape index (κ2) is 8.43. The van der Waals surface area contributed by atoms with Crippen LogP contribution in [0.2, 0.25) is 0 Å². The van der Waals surface area contributed by atoms with Gasteiger partial charge < -0.3 is 9.31 Å². The second-order valence-electron chi connectivity index (χ2n) is 9.01. The Bertz CT molecular complexity index is 777. The minimum Gasteiger partial charge on any atom is -0.399 e. The van der Waals surface area contributed by atoms with Crippen LogP contribution in [0.1, 0.15) is 71.9 Å². The Hall–Kier alpha value is -1.58. The standard InChI is InChI=1S/C25H35BO2/c1-7-9-10-11-19-12-14-21(15-13-19)22-16-17-23(20(8-2)18-22)26-27-24(3,4)25(5,6)28-26/h12-18H,7-11H2,1-6H3. The van der Waals surface area contributed by atoms with E-state index in [1.165, 1.54) is 47.9 Å². The third kappa shape index (κ3) is 4.36. The fourth-order valence-corrected chi connectivity index (χ4v) is 3.73. The molecule has 0 saturated carbocycles. The maximum Gasteiger partial charge on any atom is 0.495 e. The molecule has 1 aliphatic rings. The highest BCUT2D eigenvalue weighted by atomic mass is 16.7. The van der Waals surface area contributed by atoms with Gasteiger partial charge >= 0.3 is 7.12 Å². The molecule has 0 spiro atoms. The number of hydrogen-bond acceptors (Lipinski definition) is 2. The molecule has 0 unspecified atom stereocenters. The third-order valence-corrected chi connectivity index (χ3v) is 6.39. The summed E-state index contributed by atoms with van der Waals surface area (Å²) >= 11 is 0. The van der Waals surface area contributed by atoms with E-state index < -0.39 is 0 Å². The molecule has 2 aromatic rings. The van der Waals surface area contributed by atoms with Crippen LogP contribution in [-0.4, -0.2) is 18.3 Å². The van der Waals surface area contributed by atoms with E-state index in [0.29, 0.717) is 0 Å². The largest absolute Gasteiger partial charge is 0.495 e. The molecule has 1 fully saturated rings. The van der Waals surface area contributed by atoms with Gasteiger partial charge in [0.25, 0.3) is 0 Å². The van der Waals surface area contributed by atoms with Crippen molar-refractivity contribution in [3.05, 3.63) is 53.6 Å². The molecule has 1 aliphatic heterocycles. The number of hydrogen-bond donors (Lipinski definition) is 0. The van der Waals surface area contributed by atoms with Crippen LogP contribution < -0.4 is 5.46 Å². The van der Waals surface area contributed by atoms with E-state index in [4.69, 9.17) is 9.31 Å². The summed E-state index contributed by atoms with van der Waals surface area (Å²) in [6, 6.07) is 15.7. The fourth-order valence-electron chi connectivity index (χ4n) is 3.73. The van der Waals surface area contributed by atoms with E-state index in [9.17, 15) is 0 Å². The van der Waals surface area contributed by atoms with Gasteiger partial charge in [-0.05, 0) is 74.7 Å². The Morgan fingerprint density at radius 1 is 0.786 bits per heavy atom. The molecule has 1 saturated heterocycles. The normalized spacial score (nSPS) is 17.9. The first kappa shape index (κ1) is 21.1. The van der Waals surface area contributed by atoms with E-state index in [1.54, 1.807) is 0 Å².